The van der Waals surface area contributed by atoms with Crippen LogP contribution in [0.5, 0.6) is 0 Å². The highest BCUT2D eigenvalue weighted by atomic mass is 15.0. The van der Waals surface area contributed by atoms with Crippen LogP contribution in [0.15, 0.2) is 12.1 Å². The van der Waals surface area contributed by atoms with Crippen molar-refractivity contribution in [2.24, 2.45) is 5.92 Å². The van der Waals surface area contributed by atoms with Gasteiger partial charge in [-0.15, -0.1) is 0 Å². The second-order valence-electron chi connectivity index (χ2n) is 4.28. The Hall–Kier alpha value is -1.76. The average Bonchev–Trinajstić information content (AvgIpc) is 2.81. The summed E-state index contributed by atoms with van der Waals surface area (Å²) in [5, 5.41) is 12.1. The first kappa shape index (κ1) is 10.7. The molecule has 1 aromatic heterocycles. The van der Waals surface area contributed by atoms with Gasteiger partial charge in [0.1, 0.15) is 11.9 Å². The van der Waals surface area contributed by atoms with E-state index in [9.17, 15) is 0 Å². The number of nitriles is 1. The monoisotopic (exact) mass is 216 g/mol. The van der Waals surface area contributed by atoms with Crippen LogP contribution < -0.4 is 11.1 Å². The molecule has 0 bridgehead atoms. The van der Waals surface area contributed by atoms with Gasteiger partial charge in [-0.1, -0.05) is 12.8 Å². The Morgan fingerprint density at radius 3 is 2.88 bits per heavy atom. The Labute approximate surface area is 95.5 Å². The van der Waals surface area contributed by atoms with Gasteiger partial charge in [-0.05, 0) is 30.9 Å². The summed E-state index contributed by atoms with van der Waals surface area (Å²) < 4.78 is 0. The highest BCUT2D eigenvalue weighted by Crippen LogP contribution is 2.24. The molecule has 0 radical (unpaired) electrons. The van der Waals surface area contributed by atoms with E-state index in [4.69, 9.17) is 11.0 Å². The number of nitrogens with two attached hydrogens (primary N) is 1. The van der Waals surface area contributed by atoms with Crippen LogP contribution in [0.3, 0.4) is 0 Å². The fraction of sp³-hybridized carbons (Fsp3) is 0.500. The third-order valence-electron chi connectivity index (χ3n) is 3.08. The Bertz CT molecular complexity index is 402. The number of pyridine rings is 1. The lowest BCUT2D eigenvalue weighted by Crippen LogP contribution is -2.12. The topological polar surface area (TPSA) is 74.7 Å². The van der Waals surface area contributed by atoms with E-state index in [-0.39, 0.29) is 0 Å². The van der Waals surface area contributed by atoms with E-state index in [0.29, 0.717) is 11.4 Å². The van der Waals surface area contributed by atoms with Crippen LogP contribution in [0.4, 0.5) is 11.5 Å². The van der Waals surface area contributed by atoms with Gasteiger partial charge in [0.15, 0.2) is 5.69 Å². The smallest absolute Gasteiger partial charge is 0.165 e. The van der Waals surface area contributed by atoms with Crippen LogP contribution in [0.1, 0.15) is 31.4 Å². The largest absolute Gasteiger partial charge is 0.396 e. The number of nitrogens with one attached hydrogen (secondary N) is 1. The van der Waals surface area contributed by atoms with Crippen molar-refractivity contribution in [1.29, 1.82) is 5.26 Å². The summed E-state index contributed by atoms with van der Waals surface area (Å²) in [6.45, 7) is 0.946. The van der Waals surface area contributed by atoms with Gasteiger partial charge < -0.3 is 11.1 Å². The third kappa shape index (κ3) is 2.43. The van der Waals surface area contributed by atoms with Gasteiger partial charge in [-0.25, -0.2) is 4.98 Å². The fourth-order valence-electron chi connectivity index (χ4n) is 2.12. The van der Waals surface area contributed by atoms with Gasteiger partial charge in [0.2, 0.25) is 0 Å². The number of anilines is 2. The van der Waals surface area contributed by atoms with Gasteiger partial charge in [0, 0.05) is 6.54 Å². The fourth-order valence-corrected chi connectivity index (χ4v) is 2.12. The molecule has 2 rings (SSSR count). The molecule has 0 spiro atoms. The number of hydrogen-bond acceptors (Lipinski definition) is 4. The summed E-state index contributed by atoms with van der Waals surface area (Å²) in [4.78, 5) is 4.15. The van der Waals surface area contributed by atoms with E-state index in [1.807, 2.05) is 12.1 Å². The molecule has 1 aliphatic carbocycles. The Balaban J connectivity index is 1.96. The van der Waals surface area contributed by atoms with Crippen molar-refractivity contribution in [2.75, 3.05) is 17.6 Å². The van der Waals surface area contributed by atoms with E-state index < -0.39 is 0 Å². The summed E-state index contributed by atoms with van der Waals surface area (Å²) in [5.74, 6) is 1.50. The molecule has 84 valence electrons. The Morgan fingerprint density at radius 2 is 2.19 bits per heavy atom. The van der Waals surface area contributed by atoms with Crippen LogP contribution in [-0.4, -0.2) is 11.5 Å². The highest BCUT2D eigenvalue weighted by molar-refractivity contribution is 5.54. The summed E-state index contributed by atoms with van der Waals surface area (Å²) in [6, 6.07) is 5.54. The molecule has 1 aromatic rings. The molecular weight excluding hydrogens is 200 g/mol. The minimum atomic E-state index is 0.302. The van der Waals surface area contributed by atoms with Crippen molar-refractivity contribution in [1.82, 2.24) is 4.98 Å². The van der Waals surface area contributed by atoms with Crippen molar-refractivity contribution < 1.29 is 0 Å². The summed E-state index contributed by atoms with van der Waals surface area (Å²) in [7, 11) is 0. The number of hydrogen-bond donors (Lipinski definition) is 2. The SMILES string of the molecule is N#Cc1nc(NCC2CCCC2)ccc1N. The van der Waals surface area contributed by atoms with Gasteiger partial charge in [-0.3, -0.25) is 0 Å². The first-order valence-corrected chi connectivity index (χ1v) is 5.70. The first-order chi connectivity index (χ1) is 7.79. The molecule has 4 heteroatoms. The highest BCUT2D eigenvalue weighted by Gasteiger charge is 2.14. The van der Waals surface area contributed by atoms with Gasteiger partial charge in [0.25, 0.3) is 0 Å². The minimum absolute atomic E-state index is 0.302. The summed E-state index contributed by atoms with van der Waals surface area (Å²) in [6.07, 6.45) is 5.27. The minimum Gasteiger partial charge on any atom is -0.396 e. The van der Waals surface area contributed by atoms with Gasteiger partial charge in [-0.2, -0.15) is 5.26 Å². The van der Waals surface area contributed by atoms with Crippen molar-refractivity contribution in [3.63, 3.8) is 0 Å². The summed E-state index contributed by atoms with van der Waals surface area (Å²) >= 11 is 0. The van der Waals surface area contributed by atoms with Crippen LogP contribution >= 0.6 is 0 Å². The van der Waals surface area contributed by atoms with E-state index in [1.165, 1.54) is 25.7 Å². The molecule has 4 nitrogen and oxygen atoms in total. The van der Waals surface area contributed by atoms with Gasteiger partial charge in [0.05, 0.1) is 5.69 Å². The lowest BCUT2D eigenvalue weighted by molar-refractivity contribution is 0.579. The van der Waals surface area contributed by atoms with Crippen molar-refractivity contribution in [2.45, 2.75) is 25.7 Å². The van der Waals surface area contributed by atoms with Crippen LogP contribution in [-0.2, 0) is 0 Å². The second kappa shape index (κ2) is 4.84. The quantitative estimate of drug-likeness (QED) is 0.811. The molecule has 1 saturated carbocycles. The average molecular weight is 216 g/mol. The zero-order valence-corrected chi connectivity index (χ0v) is 9.24. The Morgan fingerprint density at radius 1 is 1.44 bits per heavy atom. The maximum atomic E-state index is 8.80. The first-order valence-electron chi connectivity index (χ1n) is 5.70. The van der Waals surface area contributed by atoms with Crippen molar-refractivity contribution in [3.8, 4) is 6.07 Å². The maximum Gasteiger partial charge on any atom is 0.165 e. The number of nitrogen functional groups attached to an aromatic ring is 1. The molecule has 1 aliphatic rings. The number of rotatable bonds is 3. The van der Waals surface area contributed by atoms with Crippen LogP contribution in [0.25, 0.3) is 0 Å². The zero-order chi connectivity index (χ0) is 11.4. The number of nitrogens with zero attached hydrogens (tertiary/aromatic N) is 2. The van der Waals surface area contributed by atoms with E-state index in [2.05, 4.69) is 10.3 Å². The van der Waals surface area contributed by atoms with E-state index in [1.54, 1.807) is 6.07 Å². The summed E-state index contributed by atoms with van der Waals surface area (Å²) in [5.41, 5.74) is 6.35. The Kier molecular flexibility index (Phi) is 3.25. The zero-order valence-electron chi connectivity index (χ0n) is 9.24. The predicted octanol–water partition coefficient (Wildman–Crippen LogP) is 2.14. The number of aromatic nitrogens is 1. The maximum absolute atomic E-state index is 8.80. The van der Waals surface area contributed by atoms with E-state index >= 15 is 0 Å². The predicted molar refractivity (Wildman–Crippen MR) is 63.8 cm³/mol. The normalized spacial score (nSPS) is 15.9. The lowest BCUT2D eigenvalue weighted by atomic mass is 10.1. The van der Waals surface area contributed by atoms with Gasteiger partial charge >= 0.3 is 0 Å². The third-order valence-corrected chi connectivity index (χ3v) is 3.08. The molecule has 0 amide bonds. The molecule has 3 N–H and O–H groups in total. The van der Waals surface area contributed by atoms with Crippen LogP contribution in [0.2, 0.25) is 0 Å². The van der Waals surface area contributed by atoms with Crippen molar-refractivity contribution >= 4 is 11.5 Å². The van der Waals surface area contributed by atoms with Crippen LogP contribution in [0, 0.1) is 17.2 Å². The molecule has 1 fully saturated rings. The second-order valence-corrected chi connectivity index (χ2v) is 4.28. The molecule has 0 aliphatic heterocycles. The molecule has 0 saturated heterocycles. The molecule has 0 aromatic carbocycles. The molecule has 0 atom stereocenters. The molecule has 16 heavy (non-hydrogen) atoms. The van der Waals surface area contributed by atoms with E-state index in [0.717, 1.165) is 18.3 Å². The lowest BCUT2D eigenvalue weighted by Gasteiger charge is -2.11. The molecule has 1 heterocycles. The van der Waals surface area contributed by atoms with Crippen molar-refractivity contribution in [3.05, 3.63) is 17.8 Å². The standard InChI is InChI=1S/C12H16N4/c13-7-11-10(14)5-6-12(16-11)15-8-9-3-1-2-4-9/h5-6,9H,1-4,8,14H2,(H,15,16). The molecular formula is C12H16N4. The molecule has 0 unspecified atom stereocenters.